The van der Waals surface area contributed by atoms with Crippen LogP contribution in [0.2, 0.25) is 0 Å². The van der Waals surface area contributed by atoms with Gasteiger partial charge in [-0.1, -0.05) is 132 Å². The van der Waals surface area contributed by atoms with Crippen LogP contribution in [0.3, 0.4) is 0 Å². The van der Waals surface area contributed by atoms with Crippen LogP contribution in [0.25, 0.3) is 17.2 Å². The Kier molecular flexibility index (Phi) is 9.03. The maximum Gasteiger partial charge on any atom is 0.00827 e. The molecule has 0 aromatic heterocycles. The second-order valence-corrected chi connectivity index (χ2v) is 16.7. The van der Waals surface area contributed by atoms with Gasteiger partial charge in [0.25, 0.3) is 0 Å². The summed E-state index contributed by atoms with van der Waals surface area (Å²) >= 11 is 0. The van der Waals surface area contributed by atoms with Gasteiger partial charge in [-0.3, -0.25) is 0 Å². The van der Waals surface area contributed by atoms with Crippen LogP contribution in [-0.4, -0.2) is 0 Å². The van der Waals surface area contributed by atoms with Crippen molar-refractivity contribution in [1.29, 1.82) is 0 Å². The molecule has 2 saturated carbocycles. The number of benzene rings is 2. The number of fused-ring (bicyclic) bond motifs is 1. The molecule has 0 spiro atoms. The molecule has 0 heterocycles. The van der Waals surface area contributed by atoms with E-state index in [4.69, 9.17) is 0 Å². The van der Waals surface area contributed by atoms with Crippen LogP contribution in [0, 0.1) is 54.8 Å². The lowest BCUT2D eigenvalue weighted by atomic mass is 9.68. The molecule has 0 saturated heterocycles. The Labute approximate surface area is 269 Å². The van der Waals surface area contributed by atoms with Crippen molar-refractivity contribution in [1.82, 2.24) is 0 Å². The SMILES string of the molecule is C=C1C=CC(CC(C)(C)C)C(=C)C1CC1=Cc2cccc(-c3cc(C)cc(C)c3C[C@@H]3CCC(C4CCCC4)CC3C)c2C1. The molecule has 0 heteroatoms. The zero-order valence-electron chi connectivity index (χ0n) is 28.8. The molecule has 0 nitrogen and oxygen atoms in total. The normalized spacial score (nSPS) is 27.6. The van der Waals surface area contributed by atoms with Crippen LogP contribution in [0.15, 0.2) is 72.4 Å². The lowest BCUT2D eigenvalue weighted by Gasteiger charge is -2.37. The van der Waals surface area contributed by atoms with Crippen molar-refractivity contribution < 1.29 is 0 Å². The monoisotopic (exact) mass is 586 g/mol. The summed E-state index contributed by atoms with van der Waals surface area (Å²) in [4.78, 5) is 0. The molecule has 2 fully saturated rings. The molecule has 4 aliphatic carbocycles. The van der Waals surface area contributed by atoms with Crippen molar-refractivity contribution in [3.8, 4) is 11.1 Å². The summed E-state index contributed by atoms with van der Waals surface area (Å²) in [5.41, 5.74) is 14.8. The molecule has 4 aliphatic rings. The van der Waals surface area contributed by atoms with Gasteiger partial charge in [0.1, 0.15) is 0 Å². The van der Waals surface area contributed by atoms with Gasteiger partial charge in [-0.25, -0.2) is 0 Å². The summed E-state index contributed by atoms with van der Waals surface area (Å²) in [6, 6.07) is 12.0. The number of rotatable bonds is 7. The van der Waals surface area contributed by atoms with E-state index in [1.807, 2.05) is 0 Å². The molecule has 44 heavy (non-hydrogen) atoms. The zero-order valence-corrected chi connectivity index (χ0v) is 28.8. The fourth-order valence-corrected chi connectivity index (χ4v) is 9.61. The van der Waals surface area contributed by atoms with Crippen LogP contribution in [0.4, 0.5) is 0 Å². The molecule has 5 atom stereocenters. The first-order valence-corrected chi connectivity index (χ1v) is 17.9. The molecule has 6 rings (SSSR count). The van der Waals surface area contributed by atoms with E-state index in [0.29, 0.717) is 11.8 Å². The Balaban J connectivity index is 1.22. The molecule has 0 radical (unpaired) electrons. The molecule has 0 N–H and O–H groups in total. The number of aryl methyl sites for hydroxylation is 2. The average Bonchev–Trinajstić information content (AvgIpc) is 3.64. The minimum atomic E-state index is 0.287. The highest BCUT2D eigenvalue weighted by Crippen LogP contribution is 2.47. The topological polar surface area (TPSA) is 0 Å². The first-order valence-electron chi connectivity index (χ1n) is 17.9. The number of hydrogen-bond acceptors (Lipinski definition) is 0. The van der Waals surface area contributed by atoms with Crippen LogP contribution in [0.5, 0.6) is 0 Å². The summed E-state index contributed by atoms with van der Waals surface area (Å²) < 4.78 is 0. The third-order valence-corrected chi connectivity index (χ3v) is 12.0. The highest BCUT2D eigenvalue weighted by atomic mass is 14.4. The van der Waals surface area contributed by atoms with E-state index in [0.717, 1.165) is 42.9 Å². The maximum atomic E-state index is 4.65. The molecule has 2 aromatic rings. The zero-order chi connectivity index (χ0) is 31.2. The lowest BCUT2D eigenvalue weighted by molar-refractivity contribution is 0.147. The lowest BCUT2D eigenvalue weighted by Crippen LogP contribution is -2.28. The predicted octanol–water partition coefficient (Wildman–Crippen LogP) is 12.4. The van der Waals surface area contributed by atoms with Gasteiger partial charge in [0, 0.05) is 5.92 Å². The Hall–Kier alpha value is -2.60. The summed E-state index contributed by atoms with van der Waals surface area (Å²) in [7, 11) is 0. The summed E-state index contributed by atoms with van der Waals surface area (Å²) in [6.07, 6.45) is 21.8. The fourth-order valence-electron chi connectivity index (χ4n) is 9.61. The van der Waals surface area contributed by atoms with Crippen molar-refractivity contribution in [3.05, 3.63) is 100 Å². The van der Waals surface area contributed by atoms with Crippen LogP contribution in [-0.2, 0) is 12.8 Å². The number of hydrogen-bond donors (Lipinski definition) is 0. The summed E-state index contributed by atoms with van der Waals surface area (Å²) in [5.74, 6) is 4.42. The van der Waals surface area contributed by atoms with E-state index in [9.17, 15) is 0 Å². The van der Waals surface area contributed by atoms with Crippen molar-refractivity contribution in [2.45, 2.75) is 112 Å². The van der Waals surface area contributed by atoms with E-state index >= 15 is 0 Å². The minimum absolute atomic E-state index is 0.287. The Morgan fingerprint density at radius 3 is 2.39 bits per heavy atom. The van der Waals surface area contributed by atoms with Gasteiger partial charge in [0.15, 0.2) is 0 Å². The molecular weight excluding hydrogens is 528 g/mol. The molecule has 234 valence electrons. The van der Waals surface area contributed by atoms with Crippen LogP contribution >= 0.6 is 0 Å². The highest BCUT2D eigenvalue weighted by molar-refractivity contribution is 5.80. The van der Waals surface area contributed by atoms with Gasteiger partial charge >= 0.3 is 0 Å². The van der Waals surface area contributed by atoms with E-state index in [2.05, 4.69) is 103 Å². The van der Waals surface area contributed by atoms with Gasteiger partial charge in [-0.2, -0.15) is 0 Å². The molecule has 2 aromatic carbocycles. The van der Waals surface area contributed by atoms with Gasteiger partial charge in [0.2, 0.25) is 0 Å². The largest absolute Gasteiger partial charge is 0.0986 e. The summed E-state index contributed by atoms with van der Waals surface area (Å²) in [6.45, 7) is 23.4. The Morgan fingerprint density at radius 2 is 1.66 bits per heavy atom. The molecule has 4 unspecified atom stereocenters. The smallest absolute Gasteiger partial charge is 0.00827 e. The van der Waals surface area contributed by atoms with E-state index in [1.54, 1.807) is 5.56 Å². The van der Waals surface area contributed by atoms with Crippen molar-refractivity contribution in [2.75, 3.05) is 0 Å². The molecule has 0 bridgehead atoms. The quantitative estimate of drug-likeness (QED) is 0.283. The van der Waals surface area contributed by atoms with Gasteiger partial charge in [-0.05, 0) is 133 Å². The van der Waals surface area contributed by atoms with Crippen LogP contribution < -0.4 is 0 Å². The van der Waals surface area contributed by atoms with Crippen LogP contribution in [0.1, 0.15) is 113 Å². The standard InChI is InChI=1S/C44H58/c1-28-20-31(4)41(26-35-18-19-36(22-30(35)3)34-12-9-10-13-34)43(21-28)39-15-11-14-37-23-33(25-42(37)39)24-40-29(2)16-17-38(32(40)5)27-44(6,7)8/h11,14-17,20-21,23,30,34-36,38,40H,2,5,9-10,12-13,18-19,22,24-27H2,1,3-4,6-8H3/t30?,35-,36?,38?,40?/m0/s1. The minimum Gasteiger partial charge on any atom is -0.0986 e. The Bertz CT molecular complexity index is 1460. The van der Waals surface area contributed by atoms with Crippen molar-refractivity contribution in [3.63, 3.8) is 0 Å². The van der Waals surface area contributed by atoms with E-state index < -0.39 is 0 Å². The fraction of sp³-hybridized carbons (Fsp3) is 0.545. The first kappa shape index (κ1) is 31.4. The average molecular weight is 587 g/mol. The first-order chi connectivity index (χ1) is 21.0. The third-order valence-electron chi connectivity index (χ3n) is 12.0. The predicted molar refractivity (Wildman–Crippen MR) is 192 cm³/mol. The second kappa shape index (κ2) is 12.7. The number of allylic oxidation sites excluding steroid dienone is 5. The summed E-state index contributed by atoms with van der Waals surface area (Å²) in [5, 5.41) is 0. The van der Waals surface area contributed by atoms with Gasteiger partial charge in [0.05, 0.1) is 0 Å². The highest BCUT2D eigenvalue weighted by Gasteiger charge is 2.34. The van der Waals surface area contributed by atoms with Crippen molar-refractivity contribution >= 4 is 6.08 Å². The van der Waals surface area contributed by atoms with Gasteiger partial charge in [-0.15, -0.1) is 0 Å². The maximum absolute atomic E-state index is 4.65. The Morgan fingerprint density at radius 1 is 0.886 bits per heavy atom. The molecular formula is C44H58. The third kappa shape index (κ3) is 6.66. The van der Waals surface area contributed by atoms with Gasteiger partial charge < -0.3 is 0 Å². The van der Waals surface area contributed by atoms with E-state index in [1.165, 1.54) is 101 Å². The van der Waals surface area contributed by atoms with Crippen molar-refractivity contribution in [2.24, 2.45) is 40.9 Å². The molecule has 0 amide bonds. The second-order valence-electron chi connectivity index (χ2n) is 16.7. The van der Waals surface area contributed by atoms with E-state index in [-0.39, 0.29) is 5.41 Å². The molecule has 0 aliphatic heterocycles.